The van der Waals surface area contributed by atoms with Crippen molar-refractivity contribution in [3.05, 3.63) is 29.8 Å². The van der Waals surface area contributed by atoms with Gasteiger partial charge in [-0.05, 0) is 45.1 Å². The van der Waals surface area contributed by atoms with Gasteiger partial charge in [0.1, 0.15) is 5.82 Å². The van der Waals surface area contributed by atoms with Crippen LogP contribution in [0.25, 0.3) is 0 Å². The van der Waals surface area contributed by atoms with Gasteiger partial charge in [-0.3, -0.25) is 4.98 Å². The number of piperidine rings is 1. The molecule has 0 aliphatic carbocycles. The van der Waals surface area contributed by atoms with Crippen LogP contribution in [0.3, 0.4) is 0 Å². The summed E-state index contributed by atoms with van der Waals surface area (Å²) < 4.78 is 12.6. The zero-order valence-corrected chi connectivity index (χ0v) is 8.41. The molecule has 0 amide bonds. The lowest BCUT2D eigenvalue weighted by atomic mass is 9.93. The van der Waals surface area contributed by atoms with E-state index >= 15 is 0 Å². The molecule has 0 radical (unpaired) electrons. The highest BCUT2D eigenvalue weighted by molar-refractivity contribution is 5.11. The largest absolute Gasteiger partial charge is 0.306 e. The van der Waals surface area contributed by atoms with Gasteiger partial charge in [0.2, 0.25) is 0 Å². The Hall–Kier alpha value is -0.960. The van der Waals surface area contributed by atoms with Gasteiger partial charge in [-0.1, -0.05) is 0 Å². The normalized spacial score (nSPS) is 19.9. The van der Waals surface area contributed by atoms with Gasteiger partial charge in [-0.2, -0.15) is 0 Å². The molecule has 76 valence electrons. The molecular formula is C11H15FN2. The van der Waals surface area contributed by atoms with E-state index in [4.69, 9.17) is 0 Å². The molecule has 1 aromatic heterocycles. The summed E-state index contributed by atoms with van der Waals surface area (Å²) in [4.78, 5) is 6.45. The molecule has 1 fully saturated rings. The number of halogens is 1. The Balaban J connectivity index is 2.05. The Labute approximate surface area is 83.8 Å². The average molecular weight is 194 g/mol. The predicted octanol–water partition coefficient (Wildman–Crippen LogP) is 2.03. The minimum Gasteiger partial charge on any atom is -0.306 e. The summed E-state index contributed by atoms with van der Waals surface area (Å²) in [7, 11) is 2.13. The molecule has 2 rings (SSSR count). The number of pyridine rings is 1. The molecule has 0 N–H and O–H groups in total. The first-order valence-corrected chi connectivity index (χ1v) is 5.05. The number of likely N-dealkylation sites (tertiary alicyclic amines) is 1. The first kappa shape index (κ1) is 9.59. The van der Waals surface area contributed by atoms with Crippen LogP contribution in [0.1, 0.15) is 24.5 Å². The maximum absolute atomic E-state index is 12.6. The van der Waals surface area contributed by atoms with Crippen LogP contribution in [0.2, 0.25) is 0 Å². The van der Waals surface area contributed by atoms with Crippen molar-refractivity contribution in [1.29, 1.82) is 0 Å². The van der Waals surface area contributed by atoms with E-state index in [-0.39, 0.29) is 5.82 Å². The number of aromatic nitrogens is 1. The molecule has 2 nitrogen and oxygen atoms in total. The second-order valence-electron chi connectivity index (χ2n) is 3.98. The van der Waals surface area contributed by atoms with E-state index in [1.807, 2.05) is 6.07 Å². The monoisotopic (exact) mass is 194 g/mol. The maximum Gasteiger partial charge on any atom is 0.141 e. The molecule has 0 aromatic carbocycles. The van der Waals surface area contributed by atoms with Gasteiger partial charge in [0.15, 0.2) is 0 Å². The Bertz CT molecular complexity index is 289. The molecule has 2 heterocycles. The molecule has 0 bridgehead atoms. The summed E-state index contributed by atoms with van der Waals surface area (Å²) in [5, 5.41) is 0. The minimum absolute atomic E-state index is 0.248. The van der Waals surface area contributed by atoms with Crippen molar-refractivity contribution in [2.24, 2.45) is 0 Å². The van der Waals surface area contributed by atoms with Crippen LogP contribution in [-0.2, 0) is 0 Å². The van der Waals surface area contributed by atoms with Crippen molar-refractivity contribution in [2.75, 3.05) is 20.1 Å². The van der Waals surface area contributed by atoms with Gasteiger partial charge in [-0.25, -0.2) is 4.39 Å². The highest BCUT2D eigenvalue weighted by Crippen LogP contribution is 2.25. The molecule has 1 aliphatic rings. The van der Waals surface area contributed by atoms with Crippen molar-refractivity contribution in [2.45, 2.75) is 18.8 Å². The van der Waals surface area contributed by atoms with Crippen LogP contribution < -0.4 is 0 Å². The van der Waals surface area contributed by atoms with Crippen LogP contribution in [0.5, 0.6) is 0 Å². The highest BCUT2D eigenvalue weighted by Gasteiger charge is 2.18. The smallest absolute Gasteiger partial charge is 0.141 e. The van der Waals surface area contributed by atoms with Crippen LogP contribution in [0.4, 0.5) is 4.39 Å². The SMILES string of the molecule is CN1CCC(c2ccc(F)cn2)CC1. The van der Waals surface area contributed by atoms with Crippen LogP contribution in [0.15, 0.2) is 18.3 Å². The summed E-state index contributed by atoms with van der Waals surface area (Å²) >= 11 is 0. The fourth-order valence-corrected chi connectivity index (χ4v) is 1.93. The lowest BCUT2D eigenvalue weighted by Crippen LogP contribution is -2.29. The molecule has 1 saturated heterocycles. The summed E-state index contributed by atoms with van der Waals surface area (Å²) in [5.74, 6) is 0.272. The van der Waals surface area contributed by atoms with Crippen molar-refractivity contribution >= 4 is 0 Å². The Kier molecular flexibility index (Phi) is 2.77. The molecule has 0 saturated carbocycles. The molecule has 14 heavy (non-hydrogen) atoms. The summed E-state index contributed by atoms with van der Waals surface area (Å²) in [6, 6.07) is 3.31. The first-order valence-electron chi connectivity index (χ1n) is 5.05. The minimum atomic E-state index is -0.248. The number of nitrogens with zero attached hydrogens (tertiary/aromatic N) is 2. The third-order valence-corrected chi connectivity index (χ3v) is 2.89. The van der Waals surface area contributed by atoms with Gasteiger partial charge in [0.25, 0.3) is 0 Å². The van der Waals surface area contributed by atoms with Crippen molar-refractivity contribution in [1.82, 2.24) is 9.88 Å². The van der Waals surface area contributed by atoms with E-state index in [1.165, 1.54) is 12.3 Å². The zero-order chi connectivity index (χ0) is 9.97. The Morgan fingerprint density at radius 2 is 2.07 bits per heavy atom. The summed E-state index contributed by atoms with van der Waals surface area (Å²) in [6.07, 6.45) is 3.58. The Morgan fingerprint density at radius 3 is 2.64 bits per heavy atom. The van der Waals surface area contributed by atoms with Crippen LogP contribution in [0, 0.1) is 5.82 Å². The van der Waals surface area contributed by atoms with Crippen molar-refractivity contribution in [3.63, 3.8) is 0 Å². The standard InChI is InChI=1S/C11H15FN2/c1-14-6-4-9(5-7-14)11-3-2-10(12)8-13-11/h2-3,8-9H,4-7H2,1H3. The zero-order valence-electron chi connectivity index (χ0n) is 8.41. The van der Waals surface area contributed by atoms with Gasteiger partial charge in [0.05, 0.1) is 6.20 Å². The number of hydrogen-bond acceptors (Lipinski definition) is 2. The molecule has 0 spiro atoms. The molecule has 0 unspecified atom stereocenters. The quantitative estimate of drug-likeness (QED) is 0.680. The lowest BCUT2D eigenvalue weighted by molar-refractivity contribution is 0.253. The van der Waals surface area contributed by atoms with Crippen molar-refractivity contribution < 1.29 is 4.39 Å². The van der Waals surface area contributed by atoms with Gasteiger partial charge in [0, 0.05) is 11.6 Å². The summed E-state index contributed by atoms with van der Waals surface area (Å²) in [6.45, 7) is 2.23. The number of hydrogen-bond donors (Lipinski definition) is 0. The van der Waals surface area contributed by atoms with Gasteiger partial charge < -0.3 is 4.90 Å². The third-order valence-electron chi connectivity index (χ3n) is 2.89. The average Bonchev–Trinajstić information content (AvgIpc) is 2.21. The Morgan fingerprint density at radius 1 is 1.36 bits per heavy atom. The van der Waals surface area contributed by atoms with E-state index in [9.17, 15) is 4.39 Å². The van der Waals surface area contributed by atoms with Crippen molar-refractivity contribution in [3.8, 4) is 0 Å². The van der Waals surface area contributed by atoms with E-state index < -0.39 is 0 Å². The molecule has 1 aromatic rings. The fourth-order valence-electron chi connectivity index (χ4n) is 1.93. The lowest BCUT2D eigenvalue weighted by Gasteiger charge is -2.28. The van der Waals surface area contributed by atoms with E-state index in [2.05, 4.69) is 16.9 Å². The second kappa shape index (κ2) is 4.05. The van der Waals surface area contributed by atoms with Gasteiger partial charge in [-0.15, -0.1) is 0 Å². The molecular weight excluding hydrogens is 179 g/mol. The summed E-state index contributed by atoms with van der Waals surface area (Å²) in [5.41, 5.74) is 1.04. The van der Waals surface area contributed by atoms with E-state index in [1.54, 1.807) is 0 Å². The van der Waals surface area contributed by atoms with Crippen LogP contribution >= 0.6 is 0 Å². The molecule has 1 aliphatic heterocycles. The topological polar surface area (TPSA) is 16.1 Å². The first-order chi connectivity index (χ1) is 6.75. The third kappa shape index (κ3) is 2.10. The highest BCUT2D eigenvalue weighted by atomic mass is 19.1. The second-order valence-corrected chi connectivity index (χ2v) is 3.98. The predicted molar refractivity (Wildman–Crippen MR) is 53.7 cm³/mol. The van der Waals surface area contributed by atoms with Crippen LogP contribution in [-0.4, -0.2) is 30.0 Å². The van der Waals surface area contributed by atoms with E-state index in [0.29, 0.717) is 5.92 Å². The van der Waals surface area contributed by atoms with Gasteiger partial charge >= 0.3 is 0 Å². The molecule has 3 heteroatoms. The number of rotatable bonds is 1. The fraction of sp³-hybridized carbons (Fsp3) is 0.545. The van der Waals surface area contributed by atoms with E-state index in [0.717, 1.165) is 31.6 Å². The molecule has 0 atom stereocenters. The maximum atomic E-state index is 12.6.